The third-order valence-electron chi connectivity index (χ3n) is 1.77. The molecule has 2 N–H and O–H groups in total. The summed E-state index contributed by atoms with van der Waals surface area (Å²) in [5.74, 6) is -1.88. The molecule has 0 fully saturated rings. The topological polar surface area (TPSA) is 83.8 Å². The van der Waals surface area contributed by atoms with Gasteiger partial charge in [0, 0.05) is 6.42 Å². The number of carboxylic acids is 1. The number of aliphatic carboxylic acids is 1. The monoisotopic (exact) mass is 190 g/mol. The summed E-state index contributed by atoms with van der Waals surface area (Å²) < 4.78 is 0. The van der Waals surface area contributed by atoms with E-state index in [2.05, 4.69) is 4.89 Å². The number of rotatable bonds is 6. The summed E-state index contributed by atoms with van der Waals surface area (Å²) in [7, 11) is 0. The zero-order chi connectivity index (χ0) is 10.3. The van der Waals surface area contributed by atoms with Gasteiger partial charge in [-0.25, -0.2) is 4.79 Å². The van der Waals surface area contributed by atoms with Gasteiger partial charge in [-0.15, -0.1) is 0 Å². The van der Waals surface area contributed by atoms with Crippen molar-refractivity contribution >= 4 is 11.9 Å². The predicted molar refractivity (Wildman–Crippen MR) is 44.0 cm³/mol. The van der Waals surface area contributed by atoms with Crippen LogP contribution in [0.1, 0.15) is 32.6 Å². The smallest absolute Gasteiger partial charge is 0.344 e. The first-order valence-electron chi connectivity index (χ1n) is 4.15. The summed E-state index contributed by atoms with van der Waals surface area (Å²) in [5.41, 5.74) is 0. The Bertz CT molecular complexity index is 177. The molecule has 0 heterocycles. The van der Waals surface area contributed by atoms with Gasteiger partial charge in [0.2, 0.25) is 0 Å². The van der Waals surface area contributed by atoms with Crippen molar-refractivity contribution in [2.75, 3.05) is 0 Å². The third-order valence-corrected chi connectivity index (χ3v) is 1.77. The standard InChI is InChI=1S/C8H14O5/c1-6(8(11)13-12)4-2-3-5-7(9)10/h6,12H,2-5H2,1H3,(H,9,10). The molecule has 0 radical (unpaired) electrons. The summed E-state index contributed by atoms with van der Waals surface area (Å²) in [4.78, 5) is 24.3. The Labute approximate surface area is 76.2 Å². The molecule has 0 aliphatic carbocycles. The van der Waals surface area contributed by atoms with Gasteiger partial charge in [0.05, 0.1) is 5.92 Å². The molecule has 0 bridgehead atoms. The lowest BCUT2D eigenvalue weighted by molar-refractivity contribution is -0.238. The van der Waals surface area contributed by atoms with Crippen LogP contribution in [0.3, 0.4) is 0 Å². The molecular formula is C8H14O5. The Balaban J connectivity index is 3.42. The van der Waals surface area contributed by atoms with Crippen molar-refractivity contribution < 1.29 is 24.8 Å². The van der Waals surface area contributed by atoms with E-state index in [1.54, 1.807) is 6.92 Å². The molecular weight excluding hydrogens is 176 g/mol. The van der Waals surface area contributed by atoms with Gasteiger partial charge in [-0.1, -0.05) is 13.3 Å². The molecule has 0 aliphatic rings. The second-order valence-corrected chi connectivity index (χ2v) is 2.95. The molecule has 1 atom stereocenters. The average Bonchev–Trinajstić information content (AvgIpc) is 2.10. The molecule has 13 heavy (non-hydrogen) atoms. The number of carboxylic acid groups (broad SMARTS) is 1. The van der Waals surface area contributed by atoms with Crippen molar-refractivity contribution in [2.45, 2.75) is 32.6 Å². The van der Waals surface area contributed by atoms with Crippen molar-refractivity contribution in [1.29, 1.82) is 0 Å². The van der Waals surface area contributed by atoms with Crippen LogP contribution in [0.5, 0.6) is 0 Å². The maximum Gasteiger partial charge on any atom is 0.344 e. The lowest BCUT2D eigenvalue weighted by Crippen LogP contribution is -2.12. The van der Waals surface area contributed by atoms with Gasteiger partial charge in [0.25, 0.3) is 0 Å². The molecule has 0 saturated heterocycles. The summed E-state index contributed by atoms with van der Waals surface area (Å²) in [6.07, 6.45) is 1.83. The van der Waals surface area contributed by atoms with Crippen LogP contribution in [-0.2, 0) is 14.5 Å². The fraction of sp³-hybridized carbons (Fsp3) is 0.750. The van der Waals surface area contributed by atoms with E-state index in [0.29, 0.717) is 19.3 Å². The van der Waals surface area contributed by atoms with Crippen LogP contribution in [-0.4, -0.2) is 22.3 Å². The molecule has 5 heteroatoms. The van der Waals surface area contributed by atoms with Crippen LogP contribution in [0.15, 0.2) is 0 Å². The highest BCUT2D eigenvalue weighted by atomic mass is 17.1. The van der Waals surface area contributed by atoms with Crippen molar-refractivity contribution in [2.24, 2.45) is 5.92 Å². The zero-order valence-electron chi connectivity index (χ0n) is 7.52. The van der Waals surface area contributed by atoms with Crippen LogP contribution in [0.2, 0.25) is 0 Å². The van der Waals surface area contributed by atoms with Crippen molar-refractivity contribution in [3.8, 4) is 0 Å². The lowest BCUT2D eigenvalue weighted by atomic mass is 10.0. The maximum atomic E-state index is 10.7. The Morgan fingerprint density at radius 2 is 2.00 bits per heavy atom. The normalized spacial score (nSPS) is 12.2. The Morgan fingerprint density at radius 1 is 1.38 bits per heavy atom. The highest BCUT2D eigenvalue weighted by Crippen LogP contribution is 2.10. The fourth-order valence-electron chi connectivity index (χ4n) is 0.935. The lowest BCUT2D eigenvalue weighted by Gasteiger charge is -2.05. The van der Waals surface area contributed by atoms with E-state index < -0.39 is 11.9 Å². The van der Waals surface area contributed by atoms with E-state index in [0.717, 1.165) is 0 Å². The molecule has 76 valence electrons. The summed E-state index contributed by atoms with van der Waals surface area (Å²) >= 11 is 0. The van der Waals surface area contributed by atoms with Gasteiger partial charge < -0.3 is 9.99 Å². The summed E-state index contributed by atoms with van der Waals surface area (Å²) in [6.45, 7) is 1.62. The molecule has 0 aromatic rings. The van der Waals surface area contributed by atoms with Gasteiger partial charge >= 0.3 is 11.9 Å². The van der Waals surface area contributed by atoms with Gasteiger partial charge in [0.1, 0.15) is 0 Å². The number of hydrogen-bond acceptors (Lipinski definition) is 4. The highest BCUT2D eigenvalue weighted by Gasteiger charge is 2.13. The predicted octanol–water partition coefficient (Wildman–Crippen LogP) is 1.28. The van der Waals surface area contributed by atoms with E-state index in [9.17, 15) is 9.59 Å². The second-order valence-electron chi connectivity index (χ2n) is 2.95. The quantitative estimate of drug-likeness (QED) is 0.374. The molecule has 1 unspecified atom stereocenters. The minimum absolute atomic E-state index is 0.112. The van der Waals surface area contributed by atoms with Crippen LogP contribution in [0, 0.1) is 5.92 Å². The Kier molecular flexibility index (Phi) is 5.88. The van der Waals surface area contributed by atoms with Crippen molar-refractivity contribution in [3.05, 3.63) is 0 Å². The molecule has 0 aromatic heterocycles. The first kappa shape index (κ1) is 11.9. The van der Waals surface area contributed by atoms with Crippen LogP contribution >= 0.6 is 0 Å². The zero-order valence-corrected chi connectivity index (χ0v) is 7.52. The van der Waals surface area contributed by atoms with Crippen molar-refractivity contribution in [3.63, 3.8) is 0 Å². The molecule has 0 aliphatic heterocycles. The number of carbonyl (C=O) groups is 2. The summed E-state index contributed by atoms with van der Waals surface area (Å²) in [6, 6.07) is 0. The molecule has 0 spiro atoms. The van der Waals surface area contributed by atoms with E-state index in [4.69, 9.17) is 10.4 Å². The SMILES string of the molecule is CC(CCCCC(=O)O)C(=O)OO. The van der Waals surface area contributed by atoms with E-state index in [1.807, 2.05) is 0 Å². The van der Waals surface area contributed by atoms with E-state index in [1.165, 1.54) is 0 Å². The minimum atomic E-state index is -0.836. The van der Waals surface area contributed by atoms with Crippen LogP contribution < -0.4 is 0 Å². The second kappa shape index (κ2) is 6.42. The van der Waals surface area contributed by atoms with E-state index in [-0.39, 0.29) is 12.3 Å². The van der Waals surface area contributed by atoms with Crippen LogP contribution in [0.4, 0.5) is 0 Å². The molecule has 0 aromatic carbocycles. The van der Waals surface area contributed by atoms with Gasteiger partial charge in [-0.2, -0.15) is 5.26 Å². The Morgan fingerprint density at radius 3 is 2.46 bits per heavy atom. The Hall–Kier alpha value is -1.10. The largest absolute Gasteiger partial charge is 0.481 e. The highest BCUT2D eigenvalue weighted by molar-refractivity contribution is 5.71. The van der Waals surface area contributed by atoms with Gasteiger partial charge in [-0.3, -0.25) is 4.79 Å². The van der Waals surface area contributed by atoms with Gasteiger partial charge in [0.15, 0.2) is 0 Å². The number of carbonyl (C=O) groups excluding carboxylic acids is 1. The third kappa shape index (κ3) is 6.10. The number of unbranched alkanes of at least 4 members (excludes halogenated alkanes) is 1. The van der Waals surface area contributed by atoms with Crippen LogP contribution in [0.25, 0.3) is 0 Å². The van der Waals surface area contributed by atoms with Gasteiger partial charge in [-0.05, 0) is 12.8 Å². The number of hydrogen-bond donors (Lipinski definition) is 2. The maximum absolute atomic E-state index is 10.7. The average molecular weight is 190 g/mol. The molecule has 0 saturated carbocycles. The molecule has 5 nitrogen and oxygen atoms in total. The van der Waals surface area contributed by atoms with Crippen molar-refractivity contribution in [1.82, 2.24) is 0 Å². The first-order valence-corrected chi connectivity index (χ1v) is 4.15. The minimum Gasteiger partial charge on any atom is -0.481 e. The molecule has 0 rings (SSSR count). The first-order chi connectivity index (χ1) is 6.07. The van der Waals surface area contributed by atoms with E-state index >= 15 is 0 Å². The fourth-order valence-corrected chi connectivity index (χ4v) is 0.935. The summed E-state index contributed by atoms with van der Waals surface area (Å²) in [5, 5.41) is 16.3. The molecule has 0 amide bonds.